The van der Waals surface area contributed by atoms with Gasteiger partial charge in [0.2, 0.25) is 0 Å². The molecule has 0 bridgehead atoms. The first kappa shape index (κ1) is 14.8. The van der Waals surface area contributed by atoms with E-state index >= 15 is 0 Å². The highest BCUT2D eigenvalue weighted by atomic mass is 79.9. The molecule has 0 amide bonds. The van der Waals surface area contributed by atoms with Crippen LogP contribution in [-0.4, -0.2) is 16.5 Å². The average molecular weight is 397 g/mol. The highest BCUT2D eigenvalue weighted by Gasteiger charge is 2.10. The second kappa shape index (κ2) is 6.68. The second-order valence-electron chi connectivity index (χ2n) is 3.84. The van der Waals surface area contributed by atoms with E-state index in [9.17, 15) is 0 Å². The van der Waals surface area contributed by atoms with E-state index in [1.807, 2.05) is 19.1 Å². The van der Waals surface area contributed by atoms with Crippen molar-refractivity contribution in [3.63, 3.8) is 0 Å². The summed E-state index contributed by atoms with van der Waals surface area (Å²) in [6.45, 7) is 2.75. The zero-order valence-electron chi connectivity index (χ0n) is 10.6. The van der Waals surface area contributed by atoms with Gasteiger partial charge in [0.25, 0.3) is 0 Å². The van der Waals surface area contributed by atoms with E-state index in [1.54, 1.807) is 6.07 Å². The summed E-state index contributed by atoms with van der Waals surface area (Å²) in [5.41, 5.74) is 1.23. The molecule has 0 spiro atoms. The Balaban J connectivity index is 2.36. The molecule has 7 heteroatoms. The normalized spacial score (nSPS) is 9.90. The highest BCUT2D eigenvalue weighted by molar-refractivity contribution is 9.11. The van der Waals surface area contributed by atoms with E-state index in [4.69, 9.17) is 5.26 Å². The van der Waals surface area contributed by atoms with E-state index in [2.05, 4.69) is 58.5 Å². The molecule has 0 aliphatic rings. The molecule has 1 aromatic heterocycles. The van der Waals surface area contributed by atoms with Crippen molar-refractivity contribution in [2.45, 2.75) is 6.92 Å². The number of aromatic nitrogens is 2. The maximum atomic E-state index is 9.16. The van der Waals surface area contributed by atoms with Gasteiger partial charge in [0.15, 0.2) is 0 Å². The van der Waals surface area contributed by atoms with Gasteiger partial charge >= 0.3 is 0 Å². The van der Waals surface area contributed by atoms with Gasteiger partial charge in [0, 0.05) is 11.0 Å². The number of nitriles is 1. The predicted octanol–water partition coefficient (Wildman–Crippen LogP) is 4.05. The number of halogens is 2. The van der Waals surface area contributed by atoms with Crippen molar-refractivity contribution >= 4 is 49.2 Å². The van der Waals surface area contributed by atoms with E-state index in [0.29, 0.717) is 22.9 Å². The lowest BCUT2D eigenvalue weighted by atomic mass is 10.2. The van der Waals surface area contributed by atoms with Crippen LogP contribution >= 0.6 is 31.9 Å². The van der Waals surface area contributed by atoms with Crippen LogP contribution in [0.4, 0.5) is 17.3 Å². The number of rotatable bonds is 4. The average Bonchev–Trinajstić information content (AvgIpc) is 2.45. The van der Waals surface area contributed by atoms with E-state index < -0.39 is 0 Å². The number of hydrogen-bond acceptors (Lipinski definition) is 5. The third kappa shape index (κ3) is 3.26. The molecule has 2 aromatic rings. The van der Waals surface area contributed by atoms with Crippen LogP contribution in [0.15, 0.2) is 33.5 Å². The fourth-order valence-corrected chi connectivity index (χ4v) is 2.40. The monoisotopic (exact) mass is 395 g/mol. The van der Waals surface area contributed by atoms with E-state index in [-0.39, 0.29) is 0 Å². The lowest BCUT2D eigenvalue weighted by Gasteiger charge is -2.11. The molecule has 0 aliphatic heterocycles. The zero-order valence-corrected chi connectivity index (χ0v) is 13.8. The summed E-state index contributed by atoms with van der Waals surface area (Å²) in [5, 5.41) is 15.4. The summed E-state index contributed by atoms with van der Waals surface area (Å²) < 4.78 is 1.59. The molecule has 0 saturated heterocycles. The van der Waals surface area contributed by atoms with Crippen LogP contribution in [0.1, 0.15) is 12.5 Å². The Morgan fingerprint density at radius 1 is 1.25 bits per heavy atom. The summed E-state index contributed by atoms with van der Waals surface area (Å²) in [7, 11) is 0. The van der Waals surface area contributed by atoms with Crippen LogP contribution in [-0.2, 0) is 0 Å². The van der Waals surface area contributed by atoms with Crippen LogP contribution in [0.5, 0.6) is 0 Å². The first-order valence-electron chi connectivity index (χ1n) is 5.86. The van der Waals surface area contributed by atoms with Crippen molar-refractivity contribution in [1.29, 1.82) is 5.26 Å². The Kier molecular flexibility index (Phi) is 4.93. The standard InChI is InChI=1S/C13H11Br2N5/c1-2-17-12-11(15)13(19-7-18-12)20-10-4-3-9(14)5-8(10)6-16/h3-5,7H,2H2,1H3,(H2,17,18,19,20). The van der Waals surface area contributed by atoms with Crippen LogP contribution in [0.2, 0.25) is 0 Å². The third-order valence-corrected chi connectivity index (χ3v) is 3.73. The van der Waals surface area contributed by atoms with Gasteiger partial charge in [-0.1, -0.05) is 15.9 Å². The topological polar surface area (TPSA) is 73.6 Å². The van der Waals surface area contributed by atoms with Crippen LogP contribution in [0.3, 0.4) is 0 Å². The van der Waals surface area contributed by atoms with Crippen molar-refractivity contribution in [2.75, 3.05) is 17.2 Å². The van der Waals surface area contributed by atoms with Gasteiger partial charge in [-0.15, -0.1) is 0 Å². The van der Waals surface area contributed by atoms with Gasteiger partial charge in [0.1, 0.15) is 28.5 Å². The molecular formula is C13H11Br2N5. The molecule has 0 saturated carbocycles. The zero-order chi connectivity index (χ0) is 14.5. The van der Waals surface area contributed by atoms with Crippen LogP contribution < -0.4 is 10.6 Å². The fraction of sp³-hybridized carbons (Fsp3) is 0.154. The van der Waals surface area contributed by atoms with Crippen LogP contribution in [0.25, 0.3) is 0 Å². The summed E-state index contributed by atoms with van der Waals surface area (Å²) in [5.74, 6) is 1.32. The summed E-state index contributed by atoms with van der Waals surface area (Å²) in [4.78, 5) is 8.33. The van der Waals surface area contributed by atoms with E-state index in [1.165, 1.54) is 6.33 Å². The lowest BCUT2D eigenvalue weighted by Crippen LogP contribution is -2.04. The number of nitrogens with one attached hydrogen (secondary N) is 2. The maximum Gasteiger partial charge on any atom is 0.150 e. The maximum absolute atomic E-state index is 9.16. The van der Waals surface area contributed by atoms with Crippen molar-refractivity contribution < 1.29 is 0 Å². The Morgan fingerprint density at radius 3 is 2.70 bits per heavy atom. The first-order chi connectivity index (χ1) is 9.65. The molecule has 0 aliphatic carbocycles. The minimum atomic E-state index is 0.537. The largest absolute Gasteiger partial charge is 0.369 e. The highest BCUT2D eigenvalue weighted by Crippen LogP contribution is 2.30. The molecular weight excluding hydrogens is 386 g/mol. The summed E-state index contributed by atoms with van der Waals surface area (Å²) in [6.07, 6.45) is 1.47. The van der Waals surface area contributed by atoms with Crippen molar-refractivity contribution in [2.24, 2.45) is 0 Å². The quantitative estimate of drug-likeness (QED) is 0.815. The van der Waals surface area contributed by atoms with Crippen molar-refractivity contribution in [3.05, 3.63) is 39.0 Å². The molecule has 0 radical (unpaired) electrons. The Morgan fingerprint density at radius 2 is 2.00 bits per heavy atom. The Hall–Kier alpha value is -1.65. The summed E-state index contributed by atoms with van der Waals surface area (Å²) in [6, 6.07) is 7.59. The number of benzene rings is 1. The van der Waals surface area contributed by atoms with Crippen molar-refractivity contribution in [1.82, 2.24) is 9.97 Å². The third-order valence-electron chi connectivity index (χ3n) is 2.49. The Bertz CT molecular complexity index is 666. The SMILES string of the molecule is CCNc1ncnc(Nc2ccc(Br)cc2C#N)c1Br. The van der Waals surface area contributed by atoms with Gasteiger partial charge in [0.05, 0.1) is 11.3 Å². The molecule has 1 heterocycles. The van der Waals surface area contributed by atoms with Crippen LogP contribution in [0, 0.1) is 11.3 Å². The number of anilines is 3. The Labute approximate surface area is 133 Å². The van der Waals surface area contributed by atoms with Gasteiger partial charge in [-0.25, -0.2) is 9.97 Å². The van der Waals surface area contributed by atoms with Gasteiger partial charge in [-0.3, -0.25) is 0 Å². The molecule has 0 unspecified atom stereocenters. The van der Waals surface area contributed by atoms with Gasteiger partial charge < -0.3 is 10.6 Å². The molecule has 2 N–H and O–H groups in total. The molecule has 5 nitrogen and oxygen atoms in total. The summed E-state index contributed by atoms with van der Waals surface area (Å²) >= 11 is 6.80. The minimum absolute atomic E-state index is 0.537. The molecule has 1 aromatic carbocycles. The van der Waals surface area contributed by atoms with E-state index in [0.717, 1.165) is 15.5 Å². The first-order valence-corrected chi connectivity index (χ1v) is 7.45. The predicted molar refractivity (Wildman–Crippen MR) is 86.0 cm³/mol. The van der Waals surface area contributed by atoms with Gasteiger partial charge in [-0.2, -0.15) is 5.26 Å². The van der Waals surface area contributed by atoms with Crippen molar-refractivity contribution in [3.8, 4) is 6.07 Å². The molecule has 0 fully saturated rings. The molecule has 20 heavy (non-hydrogen) atoms. The molecule has 0 atom stereocenters. The number of hydrogen-bond donors (Lipinski definition) is 2. The molecule has 2 rings (SSSR count). The second-order valence-corrected chi connectivity index (χ2v) is 5.55. The lowest BCUT2D eigenvalue weighted by molar-refractivity contribution is 1.10. The van der Waals surface area contributed by atoms with Gasteiger partial charge in [-0.05, 0) is 41.1 Å². The fourth-order valence-electron chi connectivity index (χ4n) is 1.59. The minimum Gasteiger partial charge on any atom is -0.369 e. The smallest absolute Gasteiger partial charge is 0.150 e. The molecule has 102 valence electrons. The number of nitrogens with zero attached hydrogens (tertiary/aromatic N) is 3.